The Labute approximate surface area is 579 Å². The van der Waals surface area contributed by atoms with E-state index >= 15 is 0 Å². The van der Waals surface area contributed by atoms with Crippen molar-refractivity contribution in [3.05, 3.63) is 207 Å². The number of amides is 6. The molecule has 0 spiro atoms. The van der Waals surface area contributed by atoms with E-state index in [1.165, 1.54) is 85.7 Å². The molecule has 1 fully saturated rings. The molecule has 0 unspecified atom stereocenters. The van der Waals surface area contributed by atoms with Crippen molar-refractivity contribution in [3.63, 3.8) is 0 Å². The van der Waals surface area contributed by atoms with Crippen LogP contribution in [-0.4, -0.2) is 173 Å². The fourth-order valence-corrected chi connectivity index (χ4v) is 12.9. The highest BCUT2D eigenvalue weighted by Crippen LogP contribution is 2.53. The average Bonchev–Trinajstić information content (AvgIpc) is 0.971. The molecule has 101 heavy (non-hydrogen) atoms. The number of benzene rings is 6. The molecule has 2 heterocycles. The lowest BCUT2D eigenvalue weighted by Gasteiger charge is -2.43. The number of carbonyl (C=O) groups excluding carboxylic acids is 10. The molecular weight excluding hydrogens is 1300 g/mol. The minimum absolute atomic E-state index is 0.00543. The number of rotatable bonds is 27. The fourth-order valence-electron chi connectivity index (χ4n) is 12.9. The molecule has 3 aliphatic rings. The molecular formula is C74H78N8O19. The summed E-state index contributed by atoms with van der Waals surface area (Å²) in [6.07, 6.45) is -5.20. The number of carbonyl (C=O) groups is 10. The zero-order valence-electron chi connectivity index (χ0n) is 55.6. The SMILES string of the molecule is COc1cccc2c1C(=O)c1c(O)c3c(c(O)c1C2=O)C[C@@](O)(C(=O)CO)C[C@@H]3O[C@H]1C[C@H](NC(=O)[C@H](CC(C)C)NC(=O)[C@H](Cc2ccc(O)cc2)NC(=O)[C@H](CCc2ccccc2)NC(=O)CNC(=O)[C@H](Cc2cncn2C(=O)c2ccccc2)NC(=O)c2ccccc2)[C@H](O)[C@H](C)O1. The third kappa shape index (κ3) is 16.7. The van der Waals surface area contributed by atoms with Crippen LogP contribution in [0.25, 0.3) is 0 Å². The number of Topliss-reactive ketones (excluding diaryl/α,β-unsaturated/α-hetero) is 1. The first kappa shape index (κ1) is 72.8. The van der Waals surface area contributed by atoms with Crippen LogP contribution in [0, 0.1) is 5.92 Å². The lowest BCUT2D eigenvalue weighted by atomic mass is 9.72. The summed E-state index contributed by atoms with van der Waals surface area (Å²) in [6.45, 7) is 3.11. The molecule has 27 heteroatoms. The highest BCUT2D eigenvalue weighted by atomic mass is 16.7. The van der Waals surface area contributed by atoms with Gasteiger partial charge >= 0.3 is 0 Å². The third-order valence-corrected chi connectivity index (χ3v) is 18.1. The molecule has 0 radical (unpaired) electrons. The molecule has 6 aromatic carbocycles. The van der Waals surface area contributed by atoms with Crippen LogP contribution >= 0.6 is 0 Å². The van der Waals surface area contributed by atoms with Crippen LogP contribution in [0.1, 0.15) is 133 Å². The van der Waals surface area contributed by atoms with Gasteiger partial charge in [0.15, 0.2) is 17.9 Å². The number of ether oxygens (including phenoxy) is 3. The van der Waals surface area contributed by atoms with E-state index in [1.54, 1.807) is 80.6 Å². The van der Waals surface area contributed by atoms with Crippen LogP contribution in [0.2, 0.25) is 0 Å². The number of hydrogen-bond donors (Lipinski definition) is 12. The van der Waals surface area contributed by atoms with Gasteiger partial charge in [-0.25, -0.2) is 4.98 Å². The Kier molecular flexibility index (Phi) is 23.0. The van der Waals surface area contributed by atoms with Gasteiger partial charge in [0.25, 0.3) is 11.8 Å². The van der Waals surface area contributed by atoms with Crippen molar-refractivity contribution in [3.8, 4) is 23.0 Å². The maximum absolute atomic E-state index is 14.9. The fraction of sp³-hybridized carbons (Fsp3) is 0.338. The van der Waals surface area contributed by atoms with Crippen molar-refractivity contribution < 1.29 is 92.8 Å². The van der Waals surface area contributed by atoms with Crippen LogP contribution in [0.5, 0.6) is 23.0 Å². The molecule has 2 aliphatic carbocycles. The van der Waals surface area contributed by atoms with Gasteiger partial charge in [0.05, 0.1) is 48.6 Å². The average molecular weight is 1380 g/mol. The van der Waals surface area contributed by atoms with Gasteiger partial charge < -0.3 is 76.8 Å². The normalized spacial score (nSPS) is 19.5. The molecule has 528 valence electrons. The number of imidazole rings is 1. The van der Waals surface area contributed by atoms with Crippen molar-refractivity contribution >= 4 is 58.7 Å². The number of methoxy groups -OCH3 is 1. The summed E-state index contributed by atoms with van der Waals surface area (Å²) in [6, 6.07) is 28.5. The Balaban J connectivity index is 0.865. The number of fused-ring (bicyclic) bond motifs is 3. The summed E-state index contributed by atoms with van der Waals surface area (Å²) in [5, 5.41) is 84.1. The number of hydrogen-bond acceptors (Lipinski definition) is 20. The zero-order valence-corrected chi connectivity index (χ0v) is 55.6. The molecule has 0 saturated carbocycles. The molecule has 1 aliphatic heterocycles. The van der Waals surface area contributed by atoms with E-state index in [2.05, 4.69) is 36.9 Å². The van der Waals surface area contributed by atoms with E-state index in [-0.39, 0.29) is 89.5 Å². The first-order valence-corrected chi connectivity index (χ1v) is 32.9. The standard InChI is InChI=1S/C74H78N8O19/c1-39(2)29-51(71(95)78-50-32-58(100-40(3)63(50)87)101-55-34-74(98,56(85)37-83)33-48-60(55)67(91)62-61(65(48)89)64(88)47-21-14-22-54(99-4)59(47)66(62)90)80-72(96)52(30-42-23-26-46(84)27-24-42)81-70(94)49(28-25-41-15-8-5-9-16-41)77-57(86)36-76-69(93)53(79-68(92)43-17-10-6-11-18-43)31-45-35-75-38-82(45)73(97)44-19-12-7-13-20-44/h5-24,26-27,35,38-40,49-53,55,58,63,83-84,87,89,91,98H,25,28-34,36-37H2,1-4H3,(H,76,93)(H,77,86)(H,78,95)(H,79,92)(H,80,96)(H,81,94)/t40-,49-,50-,51-,52-,53-,55-,58-,63+,74-/m0/s1. The largest absolute Gasteiger partial charge is 0.508 e. The van der Waals surface area contributed by atoms with Gasteiger partial charge in [-0.1, -0.05) is 105 Å². The predicted octanol–water partition coefficient (Wildman–Crippen LogP) is 3.28. The summed E-state index contributed by atoms with van der Waals surface area (Å²) < 4.78 is 19.1. The summed E-state index contributed by atoms with van der Waals surface area (Å²) in [5.41, 5.74) is -2.68. The minimum atomic E-state index is -2.49. The Morgan fingerprint density at radius 1 is 0.693 bits per heavy atom. The van der Waals surface area contributed by atoms with Gasteiger partial charge in [-0.2, -0.15) is 0 Å². The monoisotopic (exact) mass is 1380 g/mol. The van der Waals surface area contributed by atoms with Crippen LogP contribution in [-0.2, 0) is 63.9 Å². The molecule has 1 saturated heterocycles. The summed E-state index contributed by atoms with van der Waals surface area (Å²) in [5.74, 6) is -10.3. The van der Waals surface area contributed by atoms with E-state index in [1.807, 2.05) is 12.1 Å². The lowest BCUT2D eigenvalue weighted by molar-refractivity contribution is -0.249. The number of aryl methyl sites for hydroxylation is 1. The van der Waals surface area contributed by atoms with E-state index < -0.39 is 168 Å². The zero-order chi connectivity index (χ0) is 72.4. The van der Waals surface area contributed by atoms with Gasteiger partial charge in [0.2, 0.25) is 35.3 Å². The van der Waals surface area contributed by atoms with Crippen LogP contribution in [0.15, 0.2) is 146 Å². The van der Waals surface area contributed by atoms with Crippen molar-refractivity contribution in [2.75, 3.05) is 20.3 Å². The van der Waals surface area contributed by atoms with Gasteiger partial charge in [-0.15, -0.1) is 0 Å². The van der Waals surface area contributed by atoms with Gasteiger partial charge in [-0.05, 0) is 85.7 Å². The number of aliphatic hydroxyl groups is 3. The number of nitrogens with one attached hydrogen (secondary N) is 6. The minimum Gasteiger partial charge on any atom is -0.508 e. The number of nitrogens with zero attached hydrogens (tertiary/aromatic N) is 2. The quantitative estimate of drug-likeness (QED) is 0.0329. The molecule has 7 aromatic rings. The summed E-state index contributed by atoms with van der Waals surface area (Å²) >= 11 is 0. The Bertz CT molecular complexity index is 4270. The van der Waals surface area contributed by atoms with Crippen molar-refractivity contribution in [1.82, 2.24) is 41.5 Å². The highest BCUT2D eigenvalue weighted by Gasteiger charge is 2.51. The van der Waals surface area contributed by atoms with E-state index in [0.717, 1.165) is 5.56 Å². The van der Waals surface area contributed by atoms with Crippen LogP contribution in [0.4, 0.5) is 0 Å². The number of aliphatic hydroxyl groups excluding tert-OH is 2. The van der Waals surface area contributed by atoms with E-state index in [0.29, 0.717) is 11.1 Å². The second-order valence-corrected chi connectivity index (χ2v) is 25.6. The van der Waals surface area contributed by atoms with Crippen LogP contribution < -0.4 is 36.6 Å². The van der Waals surface area contributed by atoms with Gasteiger partial charge in [0, 0.05) is 71.8 Å². The molecule has 6 amide bonds. The Morgan fingerprint density at radius 3 is 1.99 bits per heavy atom. The number of phenols is 3. The molecule has 0 bridgehead atoms. The molecule has 1 aromatic heterocycles. The Morgan fingerprint density at radius 2 is 1.33 bits per heavy atom. The van der Waals surface area contributed by atoms with Gasteiger partial charge in [-0.3, -0.25) is 52.5 Å². The predicted molar refractivity (Wildman–Crippen MR) is 360 cm³/mol. The highest BCUT2D eigenvalue weighted by molar-refractivity contribution is 6.31. The molecule has 10 rings (SSSR count). The maximum Gasteiger partial charge on any atom is 0.263 e. The summed E-state index contributed by atoms with van der Waals surface area (Å²) in [4.78, 5) is 146. The first-order valence-electron chi connectivity index (χ1n) is 32.9. The number of phenolic OH excluding ortho intramolecular Hbond substituents is 3. The molecule has 12 N–H and O–H groups in total. The second-order valence-electron chi connectivity index (χ2n) is 25.6. The molecule has 27 nitrogen and oxygen atoms in total. The number of ketones is 3. The number of aromatic nitrogens is 2. The van der Waals surface area contributed by atoms with Crippen molar-refractivity contribution in [2.45, 2.75) is 133 Å². The topological polar surface area (TPSA) is 410 Å². The van der Waals surface area contributed by atoms with Gasteiger partial charge in [0.1, 0.15) is 71.8 Å². The maximum atomic E-state index is 14.9. The third-order valence-electron chi connectivity index (χ3n) is 18.1. The van der Waals surface area contributed by atoms with Crippen LogP contribution in [0.3, 0.4) is 0 Å². The first-order chi connectivity index (χ1) is 48.4. The molecule has 10 atom stereocenters. The van der Waals surface area contributed by atoms with Crippen molar-refractivity contribution in [2.24, 2.45) is 5.92 Å². The second kappa shape index (κ2) is 31.9. The lowest BCUT2D eigenvalue weighted by Crippen LogP contribution is -2.61. The van der Waals surface area contributed by atoms with E-state index in [9.17, 15) is 78.6 Å². The number of aromatic hydroxyl groups is 3. The Hall–Kier alpha value is -11.0. The van der Waals surface area contributed by atoms with Crippen molar-refractivity contribution in [1.29, 1.82) is 0 Å². The summed E-state index contributed by atoms with van der Waals surface area (Å²) in [7, 11) is 1.27. The smallest absolute Gasteiger partial charge is 0.263 e. The van der Waals surface area contributed by atoms with E-state index in [4.69, 9.17) is 14.2 Å².